The monoisotopic (exact) mass is 201 g/mol. The Morgan fingerprint density at radius 3 is 2.85 bits per heavy atom. The number of benzene rings is 1. The van der Waals surface area contributed by atoms with Gasteiger partial charge in [-0.1, -0.05) is 23.8 Å². The van der Waals surface area contributed by atoms with Gasteiger partial charge in [-0.3, -0.25) is 0 Å². The van der Waals surface area contributed by atoms with Gasteiger partial charge in [0.2, 0.25) is 0 Å². The first-order chi connectivity index (χ1) is 6.16. The van der Waals surface area contributed by atoms with E-state index in [1.165, 1.54) is 24.3 Å². The molecule has 0 amide bonds. The molecule has 0 bridgehead atoms. The van der Waals surface area contributed by atoms with Crippen LogP contribution in [0.15, 0.2) is 18.2 Å². The van der Waals surface area contributed by atoms with Crippen molar-refractivity contribution in [2.24, 2.45) is 5.73 Å². The summed E-state index contributed by atoms with van der Waals surface area (Å²) in [4.78, 5) is 0. The number of nitrogens with two attached hydrogens (primary N) is 1. The van der Waals surface area contributed by atoms with Crippen LogP contribution in [0.2, 0.25) is 5.02 Å². The van der Waals surface area contributed by atoms with Crippen LogP contribution in [0, 0.1) is 5.82 Å². The van der Waals surface area contributed by atoms with E-state index in [9.17, 15) is 9.50 Å². The molecule has 0 radical (unpaired) electrons. The maximum Gasteiger partial charge on any atom is 0.152 e. The van der Waals surface area contributed by atoms with Crippen molar-refractivity contribution in [2.75, 3.05) is 6.54 Å². The van der Waals surface area contributed by atoms with Gasteiger partial charge in [-0.25, -0.2) is 4.39 Å². The molecule has 13 heavy (non-hydrogen) atoms. The Bertz CT molecular complexity index is 339. The van der Waals surface area contributed by atoms with E-state index >= 15 is 0 Å². The molecular weight excluding hydrogens is 193 g/mol. The first kappa shape index (κ1) is 10.0. The van der Waals surface area contributed by atoms with Crippen LogP contribution in [0.4, 0.5) is 4.39 Å². The maximum atomic E-state index is 13.2. The number of aromatic hydroxyl groups is 1. The van der Waals surface area contributed by atoms with Crippen LogP contribution in [0.25, 0.3) is 6.08 Å². The highest BCUT2D eigenvalue weighted by Gasteiger charge is 2.08. The molecule has 1 rings (SSSR count). The van der Waals surface area contributed by atoms with Crippen molar-refractivity contribution in [1.82, 2.24) is 0 Å². The molecule has 2 nitrogen and oxygen atoms in total. The molecule has 0 heterocycles. The van der Waals surface area contributed by atoms with E-state index in [2.05, 4.69) is 0 Å². The number of hydrogen-bond acceptors (Lipinski definition) is 2. The van der Waals surface area contributed by atoms with Crippen LogP contribution in [0.3, 0.4) is 0 Å². The predicted molar refractivity (Wildman–Crippen MR) is 51.2 cm³/mol. The summed E-state index contributed by atoms with van der Waals surface area (Å²) >= 11 is 5.51. The topological polar surface area (TPSA) is 46.2 Å². The minimum atomic E-state index is -0.633. The minimum absolute atomic E-state index is 0.0190. The van der Waals surface area contributed by atoms with Gasteiger partial charge in [-0.2, -0.15) is 0 Å². The summed E-state index contributed by atoms with van der Waals surface area (Å²) in [5.41, 5.74) is 5.26. The summed E-state index contributed by atoms with van der Waals surface area (Å²) in [5.74, 6) is -0.780. The first-order valence-corrected chi connectivity index (χ1v) is 4.08. The van der Waals surface area contributed by atoms with Gasteiger partial charge in [0.1, 0.15) is 5.75 Å². The van der Waals surface area contributed by atoms with Crippen molar-refractivity contribution in [3.8, 4) is 5.75 Å². The lowest BCUT2D eigenvalue weighted by Gasteiger charge is -2.01. The van der Waals surface area contributed by atoms with Gasteiger partial charge in [0.15, 0.2) is 5.82 Å². The zero-order chi connectivity index (χ0) is 9.84. The van der Waals surface area contributed by atoms with Crippen molar-refractivity contribution in [3.05, 3.63) is 34.6 Å². The largest absolute Gasteiger partial charge is 0.507 e. The second kappa shape index (κ2) is 4.25. The molecule has 0 saturated heterocycles. The van der Waals surface area contributed by atoms with Gasteiger partial charge in [-0.15, -0.1) is 0 Å². The van der Waals surface area contributed by atoms with Crippen LogP contribution in [0.5, 0.6) is 5.75 Å². The Morgan fingerprint density at radius 2 is 2.23 bits per heavy atom. The number of halogens is 2. The third-order valence-corrected chi connectivity index (χ3v) is 1.82. The molecule has 0 atom stereocenters. The Hall–Kier alpha value is -1.06. The van der Waals surface area contributed by atoms with E-state index in [-0.39, 0.29) is 22.9 Å². The van der Waals surface area contributed by atoms with E-state index in [0.717, 1.165) is 0 Å². The van der Waals surface area contributed by atoms with Crippen LogP contribution in [-0.4, -0.2) is 11.7 Å². The Balaban J connectivity index is 3.17. The van der Waals surface area contributed by atoms with Gasteiger partial charge < -0.3 is 10.8 Å². The molecule has 0 aliphatic rings. The molecule has 0 aliphatic heterocycles. The summed E-state index contributed by atoms with van der Waals surface area (Å²) in [6.07, 6.45) is 2.94. The van der Waals surface area contributed by atoms with E-state index in [1.807, 2.05) is 0 Å². The molecule has 3 N–H and O–H groups in total. The molecule has 0 aliphatic carbocycles. The number of rotatable bonds is 2. The molecule has 0 fully saturated rings. The molecule has 0 spiro atoms. The molecule has 0 aromatic heterocycles. The van der Waals surface area contributed by atoms with E-state index in [0.29, 0.717) is 0 Å². The average Bonchev–Trinajstić information content (AvgIpc) is 2.12. The standard InChI is InChI=1S/C9H9ClFNO/c10-7-3-4-8(13)6(9(7)11)2-1-5-12/h1-4,13H,5,12H2/b2-1+. The minimum Gasteiger partial charge on any atom is -0.507 e. The Labute approximate surface area is 80.4 Å². The average molecular weight is 202 g/mol. The molecule has 0 unspecified atom stereocenters. The van der Waals surface area contributed by atoms with Gasteiger partial charge in [0, 0.05) is 6.54 Å². The highest BCUT2D eigenvalue weighted by molar-refractivity contribution is 6.30. The zero-order valence-corrected chi connectivity index (χ0v) is 7.55. The zero-order valence-electron chi connectivity index (χ0n) is 6.80. The summed E-state index contributed by atoms with van der Waals surface area (Å²) in [6.45, 7) is 0.283. The molecule has 4 heteroatoms. The van der Waals surface area contributed by atoms with E-state index < -0.39 is 5.82 Å². The summed E-state index contributed by atoms with van der Waals surface area (Å²) in [5, 5.41) is 9.23. The summed E-state index contributed by atoms with van der Waals surface area (Å²) in [6, 6.07) is 2.63. The van der Waals surface area contributed by atoms with Gasteiger partial charge >= 0.3 is 0 Å². The molecule has 0 saturated carbocycles. The third kappa shape index (κ3) is 2.20. The highest BCUT2D eigenvalue weighted by atomic mass is 35.5. The van der Waals surface area contributed by atoms with Crippen LogP contribution >= 0.6 is 11.6 Å². The van der Waals surface area contributed by atoms with Crippen LogP contribution < -0.4 is 5.73 Å². The van der Waals surface area contributed by atoms with Gasteiger partial charge in [0.05, 0.1) is 10.6 Å². The third-order valence-electron chi connectivity index (χ3n) is 1.53. The Kier molecular flexibility index (Phi) is 3.28. The normalized spacial score (nSPS) is 11.0. The SMILES string of the molecule is NC/C=C/c1c(O)ccc(Cl)c1F. The lowest BCUT2D eigenvalue weighted by molar-refractivity contribution is 0.467. The predicted octanol–water partition coefficient (Wildman–Crippen LogP) is 2.16. The number of phenolic OH excluding ortho intramolecular Hbond substituents is 1. The smallest absolute Gasteiger partial charge is 0.152 e. The fourth-order valence-electron chi connectivity index (χ4n) is 0.901. The second-order valence-electron chi connectivity index (χ2n) is 2.43. The van der Waals surface area contributed by atoms with Crippen LogP contribution in [0.1, 0.15) is 5.56 Å². The molecule has 70 valence electrons. The van der Waals surface area contributed by atoms with Crippen molar-refractivity contribution < 1.29 is 9.50 Å². The van der Waals surface area contributed by atoms with Crippen molar-refractivity contribution in [3.63, 3.8) is 0 Å². The van der Waals surface area contributed by atoms with Gasteiger partial charge in [-0.05, 0) is 12.1 Å². The molecule has 1 aromatic carbocycles. The van der Waals surface area contributed by atoms with Crippen molar-refractivity contribution >= 4 is 17.7 Å². The highest BCUT2D eigenvalue weighted by Crippen LogP contribution is 2.27. The summed E-state index contributed by atoms with van der Waals surface area (Å²) < 4.78 is 13.2. The van der Waals surface area contributed by atoms with Crippen molar-refractivity contribution in [1.29, 1.82) is 0 Å². The van der Waals surface area contributed by atoms with Gasteiger partial charge in [0.25, 0.3) is 0 Å². The van der Waals surface area contributed by atoms with E-state index in [4.69, 9.17) is 17.3 Å². The number of phenols is 1. The maximum absolute atomic E-state index is 13.2. The van der Waals surface area contributed by atoms with Crippen molar-refractivity contribution in [2.45, 2.75) is 0 Å². The first-order valence-electron chi connectivity index (χ1n) is 3.70. The fraction of sp³-hybridized carbons (Fsp3) is 0.111. The van der Waals surface area contributed by atoms with Crippen LogP contribution in [-0.2, 0) is 0 Å². The second-order valence-corrected chi connectivity index (χ2v) is 2.84. The lowest BCUT2D eigenvalue weighted by Crippen LogP contribution is -1.93. The number of hydrogen-bond donors (Lipinski definition) is 2. The Morgan fingerprint density at radius 1 is 1.54 bits per heavy atom. The van der Waals surface area contributed by atoms with E-state index in [1.54, 1.807) is 0 Å². The lowest BCUT2D eigenvalue weighted by atomic mass is 10.1. The molecule has 1 aromatic rings. The fourth-order valence-corrected chi connectivity index (χ4v) is 1.07. The molecular formula is C9H9ClFNO. The quantitative estimate of drug-likeness (QED) is 0.770. The summed E-state index contributed by atoms with van der Waals surface area (Å²) in [7, 11) is 0.